The van der Waals surface area contributed by atoms with E-state index in [9.17, 15) is 4.39 Å². The number of benzene rings is 6. The number of imidazole rings is 1. The number of aromatic nitrogens is 3. The first-order chi connectivity index (χ1) is 26.4. The van der Waals surface area contributed by atoms with Crippen molar-refractivity contribution in [1.82, 2.24) is 14.5 Å². The number of para-hydroxylation sites is 2. The first-order valence-electron chi connectivity index (χ1n) is 18.6. The van der Waals surface area contributed by atoms with Gasteiger partial charge in [0, 0.05) is 38.1 Å². The van der Waals surface area contributed by atoms with E-state index >= 15 is 0 Å². The molecule has 6 aromatic carbocycles. The molecule has 3 nitrogen and oxygen atoms in total. The van der Waals surface area contributed by atoms with Crippen molar-refractivity contribution >= 4 is 55.8 Å². The molecule has 9 aromatic rings. The predicted octanol–water partition coefficient (Wildman–Crippen LogP) is 12.9. The number of hydrogen-bond acceptors (Lipinski definition) is 3. The molecule has 55 heavy (non-hydrogen) atoms. The molecule has 0 fully saturated rings. The van der Waals surface area contributed by atoms with Crippen molar-refractivity contribution in [3.8, 4) is 39.5 Å². The predicted molar refractivity (Wildman–Crippen MR) is 229 cm³/mol. The van der Waals surface area contributed by atoms with Gasteiger partial charge >= 0.3 is 0 Å². The average molecular weight is 931 g/mol. The Bertz CT molecular complexity index is 2790. The normalized spacial score (nSPS) is 11.9. The van der Waals surface area contributed by atoms with E-state index in [0.29, 0.717) is 0 Å². The molecule has 0 aliphatic heterocycles. The van der Waals surface area contributed by atoms with Crippen LogP contribution < -0.4 is 5.19 Å². The Hall–Kier alpha value is -5.04. The molecular weight excluding hydrogens is 890 g/mol. The molecule has 0 aliphatic rings. The minimum absolute atomic E-state index is 0. The molecule has 0 unspecified atom stereocenters. The molecule has 3 heterocycles. The molecule has 0 N–H and O–H groups in total. The van der Waals surface area contributed by atoms with Gasteiger partial charge < -0.3 is 9.55 Å². The summed E-state index contributed by atoms with van der Waals surface area (Å²) in [7, 11) is -1.50. The summed E-state index contributed by atoms with van der Waals surface area (Å²) < 4.78 is 26.6. The van der Waals surface area contributed by atoms with Crippen LogP contribution in [0.4, 0.5) is 4.39 Å². The molecule has 0 atom stereocenters. The minimum atomic E-state index is -1.50. The molecule has 3 aromatic heterocycles. The van der Waals surface area contributed by atoms with E-state index in [2.05, 4.69) is 102 Å². The molecule has 1 radical (unpaired) electrons. The Morgan fingerprint density at radius 2 is 1.47 bits per heavy atom. The Labute approximate surface area is 342 Å². The van der Waals surface area contributed by atoms with Gasteiger partial charge in [-0.1, -0.05) is 99.0 Å². The van der Waals surface area contributed by atoms with E-state index in [0.717, 1.165) is 44.9 Å². The number of thiophene rings is 1. The van der Waals surface area contributed by atoms with Gasteiger partial charge in [0.25, 0.3) is 0 Å². The number of hydrogen-bond donors (Lipinski definition) is 0. The topological polar surface area (TPSA) is 30.7 Å². The molecule has 0 saturated carbocycles. The van der Waals surface area contributed by atoms with Crippen LogP contribution in [0.25, 0.3) is 70.7 Å². The van der Waals surface area contributed by atoms with Crippen molar-refractivity contribution in [2.24, 2.45) is 0 Å². The summed E-state index contributed by atoms with van der Waals surface area (Å²) in [5, 5.41) is 3.69. The fourth-order valence-corrected chi connectivity index (χ4v) is 9.52. The number of fused-ring (bicyclic) bond motifs is 4. The Morgan fingerprint density at radius 1 is 0.745 bits per heavy atom. The van der Waals surface area contributed by atoms with E-state index in [1.54, 1.807) is 23.5 Å². The van der Waals surface area contributed by atoms with Crippen molar-refractivity contribution < 1.29 is 25.9 Å². The molecule has 0 spiro atoms. The zero-order valence-corrected chi connectivity index (χ0v) is 35.5. The third-order valence-corrected chi connectivity index (χ3v) is 12.8. The maximum absolute atomic E-state index is 13.7. The van der Waals surface area contributed by atoms with Crippen LogP contribution in [0.2, 0.25) is 19.6 Å². The van der Waals surface area contributed by atoms with Crippen molar-refractivity contribution in [2.75, 3.05) is 0 Å². The molecule has 9 rings (SSSR count). The van der Waals surface area contributed by atoms with Gasteiger partial charge in [-0.05, 0) is 86.5 Å². The number of pyridine rings is 1. The maximum atomic E-state index is 13.7. The second kappa shape index (κ2) is 16.0. The van der Waals surface area contributed by atoms with Gasteiger partial charge in [-0.25, -0.2) is 4.39 Å². The summed E-state index contributed by atoms with van der Waals surface area (Å²) in [6.45, 7) is 10.8. The van der Waals surface area contributed by atoms with Crippen LogP contribution in [0, 0.1) is 17.9 Å². The van der Waals surface area contributed by atoms with E-state index < -0.39 is 14.0 Å². The molecule has 7 heteroatoms. The molecule has 0 bridgehead atoms. The van der Waals surface area contributed by atoms with Crippen LogP contribution in [0.15, 0.2) is 146 Å². The van der Waals surface area contributed by atoms with Crippen LogP contribution in [-0.4, -0.2) is 22.6 Å². The maximum Gasteiger partial charge on any atom is 0.123 e. The number of rotatable bonds is 6. The molecule has 0 saturated heterocycles. The average Bonchev–Trinajstić information content (AvgIpc) is 3.76. The number of halogens is 1. The van der Waals surface area contributed by atoms with Crippen LogP contribution >= 0.6 is 11.3 Å². The third kappa shape index (κ3) is 7.89. The van der Waals surface area contributed by atoms with E-state index in [1.807, 2.05) is 74.6 Å². The summed E-state index contributed by atoms with van der Waals surface area (Å²) >= 11 is 1.78. The van der Waals surface area contributed by atoms with Crippen molar-refractivity contribution in [1.29, 1.82) is 0 Å². The van der Waals surface area contributed by atoms with Gasteiger partial charge in [-0.2, -0.15) is 11.3 Å². The monoisotopic (exact) mass is 931 g/mol. The van der Waals surface area contributed by atoms with E-state index in [1.165, 1.54) is 48.6 Å². The van der Waals surface area contributed by atoms with Crippen LogP contribution in [0.3, 0.4) is 0 Å². The number of nitrogens with zero attached hydrogens (tertiary/aromatic N) is 3. The smallest absolute Gasteiger partial charge is 0.123 e. The first kappa shape index (κ1) is 36.9. The summed E-state index contributed by atoms with van der Waals surface area (Å²) in [6, 6.07) is 52.5. The quantitative estimate of drug-likeness (QED) is 0.123. The van der Waals surface area contributed by atoms with Gasteiger partial charge in [0.2, 0.25) is 0 Å². The summed E-state index contributed by atoms with van der Waals surface area (Å²) in [5.41, 5.74) is 9.03. The Morgan fingerprint density at radius 3 is 2.20 bits per heavy atom. The zero-order valence-electron chi connectivity index (χ0n) is 32.3. The molecular formula is C48H40FIrN3SSi-2. The van der Waals surface area contributed by atoms with Gasteiger partial charge in [0.15, 0.2) is 0 Å². The van der Waals surface area contributed by atoms with E-state index in [4.69, 9.17) is 6.35 Å². The molecule has 275 valence electrons. The van der Waals surface area contributed by atoms with Crippen molar-refractivity contribution in [3.05, 3.63) is 169 Å². The van der Waals surface area contributed by atoms with Crippen LogP contribution in [0.5, 0.6) is 0 Å². The fraction of sp³-hybridized carbons (Fsp3) is 0.125. The Balaban J connectivity index is 0.000000197. The standard InChI is InChI=1S/C31H18FN2S.C17H22NSi.Ir/c32-23-12-14-24(15-13-23)34-28-9-5-4-8-27(28)33-31(34)22-11-17-30-26(19-22)25-18-21(10-16-29(25)35-30)20-6-2-1-3-7-20;1-13(2)15-11-16(14-9-7-6-8-10-14)18-12-17(15)19(3,4)5;/h1-10,12-19H;6-9,11-13H,1-5H3;/q2*-1;/i;13D;. The molecule has 0 aliphatic carbocycles. The van der Waals surface area contributed by atoms with Gasteiger partial charge in [0.1, 0.15) is 5.82 Å². The van der Waals surface area contributed by atoms with Crippen molar-refractivity contribution in [2.45, 2.75) is 39.4 Å². The SMILES string of the molecule is Fc1ccc(-n2c(-c3[c-]cc4sc5ccc(-c6ccccc6)cc5c4c3)nc3ccccc32)cc1.[2H]C(C)(C)c1cc(-c2[c-]cccc2)ncc1[Si](C)(C)C.[Ir]. The zero-order chi connectivity index (χ0) is 38.3. The van der Waals surface area contributed by atoms with Gasteiger partial charge in [0.05, 0.1) is 24.9 Å². The second-order valence-corrected chi connectivity index (χ2v) is 20.8. The summed E-state index contributed by atoms with van der Waals surface area (Å²) in [4.78, 5) is 9.57. The summed E-state index contributed by atoms with van der Waals surface area (Å²) in [5.74, 6) is -0.0767. The summed E-state index contributed by atoms with van der Waals surface area (Å²) in [6.07, 6.45) is 1.98. The first-order valence-corrected chi connectivity index (χ1v) is 22.4. The largest absolute Gasteiger partial charge is 0.333 e. The van der Waals surface area contributed by atoms with Crippen LogP contribution in [0.1, 0.15) is 26.7 Å². The van der Waals surface area contributed by atoms with Crippen molar-refractivity contribution in [3.63, 3.8) is 0 Å². The Kier molecular flexibility index (Phi) is 10.7. The second-order valence-electron chi connectivity index (χ2n) is 14.7. The van der Waals surface area contributed by atoms with E-state index in [-0.39, 0.29) is 25.9 Å². The van der Waals surface area contributed by atoms with Crippen LogP contribution in [-0.2, 0) is 20.1 Å². The third-order valence-electron chi connectivity index (χ3n) is 9.63. The van der Waals surface area contributed by atoms with Gasteiger partial charge in [-0.15, -0.1) is 59.7 Å². The molecule has 0 amide bonds. The fourth-order valence-electron chi connectivity index (χ4n) is 6.89. The minimum Gasteiger partial charge on any atom is -0.333 e. The van der Waals surface area contributed by atoms with Gasteiger partial charge in [-0.3, -0.25) is 4.98 Å².